The number of nitrogens with zero attached hydrogens (tertiary/aromatic N) is 1. The summed E-state index contributed by atoms with van der Waals surface area (Å²) in [4.78, 5) is 10.0. The van der Waals surface area contributed by atoms with E-state index in [2.05, 4.69) is 4.72 Å². The van der Waals surface area contributed by atoms with Crippen molar-refractivity contribution in [3.05, 3.63) is 33.9 Å². The Morgan fingerprint density at radius 1 is 1.47 bits per heavy atom. The fraction of sp³-hybridized carbons (Fsp3) is 0.455. The maximum atomic E-state index is 11.9. The van der Waals surface area contributed by atoms with Crippen molar-refractivity contribution in [2.24, 2.45) is 5.73 Å². The van der Waals surface area contributed by atoms with Gasteiger partial charge >= 0.3 is 0 Å². The number of sulfonamides is 1. The van der Waals surface area contributed by atoms with E-state index in [-0.39, 0.29) is 23.2 Å². The molecule has 1 aromatic rings. The first-order valence-electron chi connectivity index (χ1n) is 5.78. The minimum atomic E-state index is -3.77. The van der Waals surface area contributed by atoms with Crippen LogP contribution >= 0.6 is 0 Å². The molecule has 0 amide bonds. The molecule has 0 aliphatic carbocycles. The minimum absolute atomic E-state index is 0.0977. The number of nitrogens with one attached hydrogen (secondary N) is 1. The van der Waals surface area contributed by atoms with Crippen LogP contribution in [0.25, 0.3) is 0 Å². The molecule has 0 aliphatic rings. The summed E-state index contributed by atoms with van der Waals surface area (Å²) in [5.41, 5.74) is 5.82. The molecule has 1 atom stereocenters. The van der Waals surface area contributed by atoms with Crippen molar-refractivity contribution in [2.75, 3.05) is 6.54 Å². The Hall–Kier alpha value is -1.51. The summed E-state index contributed by atoms with van der Waals surface area (Å²) in [5.74, 6) is 0. The molecule has 0 bridgehead atoms. The second-order valence-corrected chi connectivity index (χ2v) is 5.99. The maximum Gasteiger partial charge on any atom is 0.273 e. The van der Waals surface area contributed by atoms with Gasteiger partial charge in [0, 0.05) is 24.2 Å². The van der Waals surface area contributed by atoms with Crippen LogP contribution in [0.5, 0.6) is 0 Å². The van der Waals surface area contributed by atoms with Crippen LogP contribution in [-0.4, -0.2) is 25.9 Å². The summed E-state index contributed by atoms with van der Waals surface area (Å²) in [7, 11) is -3.77. The van der Waals surface area contributed by atoms with Crippen molar-refractivity contribution < 1.29 is 13.3 Å². The summed E-state index contributed by atoms with van der Waals surface area (Å²) in [6.07, 6.45) is 0.635. The van der Waals surface area contributed by atoms with E-state index in [0.717, 1.165) is 6.07 Å². The monoisotopic (exact) mass is 287 g/mol. The molecule has 8 heteroatoms. The van der Waals surface area contributed by atoms with E-state index in [4.69, 9.17) is 5.73 Å². The average Bonchev–Trinajstić information content (AvgIpc) is 2.35. The van der Waals surface area contributed by atoms with Crippen LogP contribution < -0.4 is 10.5 Å². The topological polar surface area (TPSA) is 115 Å². The molecule has 0 fully saturated rings. The lowest BCUT2D eigenvalue weighted by atomic mass is 10.2. The summed E-state index contributed by atoms with van der Waals surface area (Å²) >= 11 is 0. The number of aryl methyl sites for hydroxylation is 1. The first-order valence-corrected chi connectivity index (χ1v) is 7.26. The second kappa shape index (κ2) is 6.09. The van der Waals surface area contributed by atoms with E-state index in [1.807, 2.05) is 6.92 Å². The van der Waals surface area contributed by atoms with E-state index in [1.165, 1.54) is 12.1 Å². The smallest absolute Gasteiger partial charge is 0.273 e. The number of benzene rings is 1. The van der Waals surface area contributed by atoms with Gasteiger partial charge in [0.25, 0.3) is 5.69 Å². The molecule has 19 heavy (non-hydrogen) atoms. The predicted molar refractivity (Wildman–Crippen MR) is 71.3 cm³/mol. The van der Waals surface area contributed by atoms with Crippen LogP contribution in [-0.2, 0) is 10.0 Å². The number of rotatable bonds is 6. The lowest BCUT2D eigenvalue weighted by molar-refractivity contribution is -0.385. The Balaban J connectivity index is 3.02. The van der Waals surface area contributed by atoms with Crippen molar-refractivity contribution in [1.82, 2.24) is 4.72 Å². The van der Waals surface area contributed by atoms with Crippen LogP contribution in [0.3, 0.4) is 0 Å². The number of nitrogens with two attached hydrogens (primary N) is 1. The normalized spacial score (nSPS) is 13.2. The molecule has 3 N–H and O–H groups in total. The van der Waals surface area contributed by atoms with Crippen molar-refractivity contribution in [1.29, 1.82) is 0 Å². The third-order valence-electron chi connectivity index (χ3n) is 2.75. The number of nitro benzene ring substituents is 1. The van der Waals surface area contributed by atoms with Gasteiger partial charge in [-0.2, -0.15) is 0 Å². The standard InChI is InChI=1S/C11H17N3O4S/c1-3-9(12)7-13-19(17,18)10-5-4-8(2)11(6-10)14(15)16/h4-6,9,13H,3,7,12H2,1-2H3. The largest absolute Gasteiger partial charge is 0.327 e. The maximum absolute atomic E-state index is 11.9. The fourth-order valence-electron chi connectivity index (χ4n) is 1.40. The Bertz CT molecular complexity index is 571. The van der Waals surface area contributed by atoms with E-state index >= 15 is 0 Å². The first kappa shape index (κ1) is 15.5. The highest BCUT2D eigenvalue weighted by molar-refractivity contribution is 7.89. The molecule has 0 heterocycles. The van der Waals surface area contributed by atoms with Gasteiger partial charge in [-0.25, -0.2) is 13.1 Å². The molecular formula is C11H17N3O4S. The number of nitro groups is 1. The van der Waals surface area contributed by atoms with Gasteiger partial charge in [-0.1, -0.05) is 13.0 Å². The van der Waals surface area contributed by atoms with Crippen LogP contribution in [0.15, 0.2) is 23.1 Å². The van der Waals surface area contributed by atoms with Crippen LogP contribution in [0.1, 0.15) is 18.9 Å². The molecule has 0 radical (unpaired) electrons. The zero-order chi connectivity index (χ0) is 14.6. The minimum Gasteiger partial charge on any atom is -0.327 e. The van der Waals surface area contributed by atoms with E-state index < -0.39 is 14.9 Å². The van der Waals surface area contributed by atoms with Gasteiger partial charge in [0.05, 0.1) is 9.82 Å². The van der Waals surface area contributed by atoms with Crippen LogP contribution in [0.4, 0.5) is 5.69 Å². The quantitative estimate of drug-likeness (QED) is 0.596. The molecule has 1 unspecified atom stereocenters. The van der Waals surface area contributed by atoms with E-state index in [0.29, 0.717) is 12.0 Å². The molecule has 0 aromatic heterocycles. The SMILES string of the molecule is CCC(N)CNS(=O)(=O)c1ccc(C)c([N+](=O)[O-])c1. The van der Waals surface area contributed by atoms with Gasteiger partial charge < -0.3 is 5.73 Å². The molecule has 106 valence electrons. The van der Waals surface area contributed by atoms with Crippen molar-refractivity contribution >= 4 is 15.7 Å². The molecule has 0 saturated heterocycles. The third kappa shape index (κ3) is 3.98. The molecule has 1 rings (SSSR count). The highest BCUT2D eigenvalue weighted by Gasteiger charge is 2.19. The molecule has 0 aliphatic heterocycles. The Labute approximate surface area is 112 Å². The Kier molecular flexibility index (Phi) is 4.98. The summed E-state index contributed by atoms with van der Waals surface area (Å²) in [5, 5.41) is 10.8. The third-order valence-corrected chi connectivity index (χ3v) is 4.17. The number of hydrogen-bond donors (Lipinski definition) is 2. The number of hydrogen-bond acceptors (Lipinski definition) is 5. The Morgan fingerprint density at radius 2 is 2.11 bits per heavy atom. The molecule has 1 aromatic carbocycles. The second-order valence-electron chi connectivity index (χ2n) is 4.23. The zero-order valence-corrected chi connectivity index (χ0v) is 11.6. The van der Waals surface area contributed by atoms with E-state index in [1.54, 1.807) is 6.92 Å². The molecular weight excluding hydrogens is 270 g/mol. The summed E-state index contributed by atoms with van der Waals surface area (Å²) in [6, 6.07) is 3.51. The lowest BCUT2D eigenvalue weighted by Crippen LogP contribution is -2.36. The highest BCUT2D eigenvalue weighted by Crippen LogP contribution is 2.21. The van der Waals surface area contributed by atoms with Gasteiger partial charge in [0.2, 0.25) is 10.0 Å². The molecule has 0 saturated carbocycles. The van der Waals surface area contributed by atoms with E-state index in [9.17, 15) is 18.5 Å². The molecule has 7 nitrogen and oxygen atoms in total. The van der Waals surface area contributed by atoms with Crippen LogP contribution in [0, 0.1) is 17.0 Å². The van der Waals surface area contributed by atoms with Gasteiger partial charge in [0.1, 0.15) is 0 Å². The fourth-order valence-corrected chi connectivity index (χ4v) is 2.51. The lowest BCUT2D eigenvalue weighted by Gasteiger charge is -2.11. The van der Waals surface area contributed by atoms with Crippen molar-refractivity contribution in [3.8, 4) is 0 Å². The summed E-state index contributed by atoms with van der Waals surface area (Å²) in [6.45, 7) is 3.49. The van der Waals surface area contributed by atoms with Gasteiger partial charge in [0.15, 0.2) is 0 Å². The molecule has 0 spiro atoms. The van der Waals surface area contributed by atoms with Gasteiger partial charge in [-0.05, 0) is 19.4 Å². The van der Waals surface area contributed by atoms with Crippen LogP contribution in [0.2, 0.25) is 0 Å². The Morgan fingerprint density at radius 3 is 2.63 bits per heavy atom. The highest BCUT2D eigenvalue weighted by atomic mass is 32.2. The first-order chi connectivity index (χ1) is 8.77. The van der Waals surface area contributed by atoms with Gasteiger partial charge in [-0.15, -0.1) is 0 Å². The predicted octanol–water partition coefficient (Wildman–Crippen LogP) is 0.919. The zero-order valence-electron chi connectivity index (χ0n) is 10.8. The summed E-state index contributed by atoms with van der Waals surface area (Å²) < 4.78 is 26.2. The van der Waals surface area contributed by atoms with Gasteiger partial charge in [-0.3, -0.25) is 10.1 Å². The average molecular weight is 287 g/mol. The van der Waals surface area contributed by atoms with Crippen molar-refractivity contribution in [3.63, 3.8) is 0 Å². The van der Waals surface area contributed by atoms with Crippen molar-refractivity contribution in [2.45, 2.75) is 31.2 Å².